The monoisotopic (exact) mass is 230 g/mol. The molecule has 0 unspecified atom stereocenters. The second-order valence-electron chi connectivity index (χ2n) is 4.63. The fourth-order valence-corrected chi connectivity index (χ4v) is 2.85. The molecule has 88 valence electrons. The molecule has 1 fully saturated rings. The van der Waals surface area contributed by atoms with Gasteiger partial charge in [-0.3, -0.25) is 4.79 Å². The number of fused-ring (bicyclic) bond motifs is 4. The Balaban J connectivity index is 2.20. The molecule has 0 saturated carbocycles. The van der Waals surface area contributed by atoms with Crippen molar-refractivity contribution in [3.63, 3.8) is 0 Å². The number of oxime groups is 1. The maximum atomic E-state index is 12.2. The lowest BCUT2D eigenvalue weighted by Crippen LogP contribution is -2.40. The molecule has 0 spiro atoms. The van der Waals surface area contributed by atoms with Gasteiger partial charge in [0.15, 0.2) is 5.71 Å². The molecule has 1 aromatic rings. The molecular formula is C13H14N2O2. The van der Waals surface area contributed by atoms with Crippen LogP contribution in [0.5, 0.6) is 0 Å². The van der Waals surface area contributed by atoms with Crippen LogP contribution >= 0.6 is 0 Å². The van der Waals surface area contributed by atoms with Crippen LogP contribution in [0.25, 0.3) is 0 Å². The average molecular weight is 230 g/mol. The number of amides is 1. The summed E-state index contributed by atoms with van der Waals surface area (Å²) in [4.78, 5) is 14.0. The van der Waals surface area contributed by atoms with E-state index in [0.29, 0.717) is 5.92 Å². The first-order chi connectivity index (χ1) is 8.31. The molecular weight excluding hydrogens is 216 g/mol. The number of hydrogen-bond donors (Lipinski definition) is 1. The Morgan fingerprint density at radius 3 is 3.00 bits per heavy atom. The standard InChI is InChI=1S/C13H14N2O2/c16-13-12(14-17)11-6-2-1-5-10(11)9-4-3-7-15(13)8-9/h1-2,5-6,9,17H,3-4,7-8H2/b14-12-/t9-/m0/s1. The van der Waals surface area contributed by atoms with Gasteiger partial charge in [0.1, 0.15) is 0 Å². The molecule has 1 atom stereocenters. The minimum absolute atomic E-state index is 0.151. The summed E-state index contributed by atoms with van der Waals surface area (Å²) >= 11 is 0. The molecule has 2 bridgehead atoms. The first kappa shape index (κ1) is 10.3. The Morgan fingerprint density at radius 1 is 1.35 bits per heavy atom. The predicted molar refractivity (Wildman–Crippen MR) is 63.3 cm³/mol. The van der Waals surface area contributed by atoms with E-state index < -0.39 is 0 Å². The van der Waals surface area contributed by atoms with Crippen LogP contribution in [0.2, 0.25) is 0 Å². The molecule has 0 aromatic heterocycles. The fraction of sp³-hybridized carbons (Fsp3) is 0.385. The highest BCUT2D eigenvalue weighted by atomic mass is 16.4. The van der Waals surface area contributed by atoms with Gasteiger partial charge in [-0.05, 0) is 18.4 Å². The lowest BCUT2D eigenvalue weighted by molar-refractivity contribution is -0.125. The van der Waals surface area contributed by atoms with Gasteiger partial charge in [-0.2, -0.15) is 0 Å². The van der Waals surface area contributed by atoms with Crippen LogP contribution in [0.15, 0.2) is 29.4 Å². The minimum atomic E-state index is -0.151. The maximum absolute atomic E-state index is 12.2. The van der Waals surface area contributed by atoms with Crippen molar-refractivity contribution in [2.24, 2.45) is 5.16 Å². The van der Waals surface area contributed by atoms with Crippen LogP contribution in [0.3, 0.4) is 0 Å². The summed E-state index contributed by atoms with van der Waals surface area (Å²) in [7, 11) is 0. The highest BCUT2D eigenvalue weighted by molar-refractivity contribution is 6.45. The second kappa shape index (κ2) is 3.87. The molecule has 1 aromatic carbocycles. The van der Waals surface area contributed by atoms with Crippen molar-refractivity contribution in [3.05, 3.63) is 35.4 Å². The van der Waals surface area contributed by atoms with Crippen LogP contribution in [0, 0.1) is 0 Å². The largest absolute Gasteiger partial charge is 0.410 e. The predicted octanol–water partition coefficient (Wildman–Crippen LogP) is 1.58. The zero-order valence-corrected chi connectivity index (χ0v) is 9.47. The molecule has 0 radical (unpaired) electrons. The van der Waals surface area contributed by atoms with E-state index in [0.717, 1.165) is 37.1 Å². The van der Waals surface area contributed by atoms with Crippen LogP contribution < -0.4 is 0 Å². The van der Waals surface area contributed by atoms with E-state index in [9.17, 15) is 4.79 Å². The van der Waals surface area contributed by atoms with Gasteiger partial charge in [-0.15, -0.1) is 0 Å². The van der Waals surface area contributed by atoms with Crippen molar-refractivity contribution < 1.29 is 10.0 Å². The summed E-state index contributed by atoms with van der Waals surface area (Å²) in [6.07, 6.45) is 2.11. The number of carbonyl (C=O) groups excluding carboxylic acids is 1. The van der Waals surface area contributed by atoms with Gasteiger partial charge in [0, 0.05) is 24.6 Å². The Hall–Kier alpha value is -1.84. The van der Waals surface area contributed by atoms with Crippen LogP contribution in [0.1, 0.15) is 29.9 Å². The molecule has 17 heavy (non-hydrogen) atoms. The summed E-state index contributed by atoms with van der Waals surface area (Å²) in [6, 6.07) is 7.75. The zero-order valence-electron chi connectivity index (χ0n) is 9.47. The molecule has 1 amide bonds. The SMILES string of the molecule is O=C1/C(=N\O)c2ccccc2[C@H]2CCCN1C2. The third-order valence-electron chi connectivity index (χ3n) is 3.67. The molecule has 3 rings (SSSR count). The topological polar surface area (TPSA) is 52.9 Å². The van der Waals surface area contributed by atoms with Crippen LogP contribution in [-0.4, -0.2) is 34.8 Å². The number of benzene rings is 1. The summed E-state index contributed by atoms with van der Waals surface area (Å²) in [6.45, 7) is 1.51. The van der Waals surface area contributed by atoms with Crippen molar-refractivity contribution in [1.29, 1.82) is 0 Å². The molecule has 4 heteroatoms. The highest BCUT2D eigenvalue weighted by Crippen LogP contribution is 2.32. The number of nitrogens with zero attached hydrogens (tertiary/aromatic N) is 2. The zero-order chi connectivity index (χ0) is 11.8. The summed E-state index contributed by atoms with van der Waals surface area (Å²) in [5.74, 6) is 0.227. The number of piperidine rings is 1. The first-order valence-corrected chi connectivity index (χ1v) is 5.92. The van der Waals surface area contributed by atoms with E-state index >= 15 is 0 Å². The number of carbonyl (C=O) groups is 1. The van der Waals surface area contributed by atoms with Gasteiger partial charge >= 0.3 is 0 Å². The lowest BCUT2D eigenvalue weighted by Gasteiger charge is -2.30. The van der Waals surface area contributed by atoms with Gasteiger partial charge in [-0.1, -0.05) is 29.4 Å². The van der Waals surface area contributed by atoms with Crippen molar-refractivity contribution in [1.82, 2.24) is 4.90 Å². The smallest absolute Gasteiger partial charge is 0.276 e. The quantitative estimate of drug-likeness (QED) is 0.543. The van der Waals surface area contributed by atoms with Crippen molar-refractivity contribution in [2.75, 3.05) is 13.1 Å². The maximum Gasteiger partial charge on any atom is 0.276 e. The minimum Gasteiger partial charge on any atom is -0.410 e. The number of hydrogen-bond acceptors (Lipinski definition) is 3. The summed E-state index contributed by atoms with van der Waals surface area (Å²) in [5, 5.41) is 12.3. The molecule has 2 aliphatic rings. The number of rotatable bonds is 0. The molecule has 1 saturated heterocycles. The van der Waals surface area contributed by atoms with Gasteiger partial charge < -0.3 is 10.1 Å². The van der Waals surface area contributed by atoms with Gasteiger partial charge in [0.05, 0.1) is 0 Å². The van der Waals surface area contributed by atoms with Gasteiger partial charge in [0.25, 0.3) is 5.91 Å². The van der Waals surface area contributed by atoms with E-state index in [-0.39, 0.29) is 11.6 Å². The normalized spacial score (nSPS) is 25.6. The van der Waals surface area contributed by atoms with E-state index in [4.69, 9.17) is 5.21 Å². The van der Waals surface area contributed by atoms with Crippen molar-refractivity contribution in [3.8, 4) is 0 Å². The third-order valence-corrected chi connectivity index (χ3v) is 3.67. The molecule has 0 aliphatic carbocycles. The van der Waals surface area contributed by atoms with E-state index in [1.54, 1.807) is 4.90 Å². The van der Waals surface area contributed by atoms with E-state index in [1.165, 1.54) is 0 Å². The fourth-order valence-electron chi connectivity index (χ4n) is 2.85. The van der Waals surface area contributed by atoms with E-state index in [1.807, 2.05) is 24.3 Å². The third kappa shape index (κ3) is 1.52. The molecule has 2 aliphatic heterocycles. The Bertz CT molecular complexity index is 496. The van der Waals surface area contributed by atoms with Crippen molar-refractivity contribution in [2.45, 2.75) is 18.8 Å². The Labute approximate surface area is 99.5 Å². The Morgan fingerprint density at radius 2 is 2.18 bits per heavy atom. The molecule has 1 N–H and O–H groups in total. The van der Waals surface area contributed by atoms with Gasteiger partial charge in [-0.25, -0.2) is 0 Å². The van der Waals surface area contributed by atoms with Crippen LogP contribution in [0.4, 0.5) is 0 Å². The van der Waals surface area contributed by atoms with Crippen LogP contribution in [-0.2, 0) is 4.79 Å². The molecule has 2 heterocycles. The first-order valence-electron chi connectivity index (χ1n) is 5.92. The highest BCUT2D eigenvalue weighted by Gasteiger charge is 2.34. The lowest BCUT2D eigenvalue weighted by atomic mass is 9.88. The van der Waals surface area contributed by atoms with Gasteiger partial charge in [0.2, 0.25) is 0 Å². The second-order valence-corrected chi connectivity index (χ2v) is 4.63. The average Bonchev–Trinajstić information content (AvgIpc) is 2.46. The Kier molecular flexibility index (Phi) is 2.35. The van der Waals surface area contributed by atoms with E-state index in [2.05, 4.69) is 5.16 Å². The summed E-state index contributed by atoms with van der Waals surface area (Å²) in [5.41, 5.74) is 2.11. The summed E-state index contributed by atoms with van der Waals surface area (Å²) < 4.78 is 0. The van der Waals surface area contributed by atoms with Crippen molar-refractivity contribution >= 4 is 11.6 Å². The molecule has 4 nitrogen and oxygen atoms in total.